The van der Waals surface area contributed by atoms with E-state index >= 15 is 0 Å². The number of methoxy groups -OCH3 is 1. The molecule has 2 rings (SSSR count). The molecule has 0 bridgehead atoms. The van der Waals surface area contributed by atoms with Crippen molar-refractivity contribution in [2.24, 2.45) is 0 Å². The summed E-state index contributed by atoms with van der Waals surface area (Å²) in [6, 6.07) is 9.99. The summed E-state index contributed by atoms with van der Waals surface area (Å²) in [5.74, 6) is 0. The van der Waals surface area contributed by atoms with E-state index < -0.39 is 0 Å². The number of hydrogen-bond acceptors (Lipinski definition) is 5. The topological polar surface area (TPSA) is 58.4 Å². The molecular formula is C15H21N3O3. The number of benzene rings is 1. The number of hydrogen-bond donors (Lipinski definition) is 0. The summed E-state index contributed by atoms with van der Waals surface area (Å²) in [6.07, 6.45) is 1.92. The Labute approximate surface area is 124 Å². The second-order valence-corrected chi connectivity index (χ2v) is 4.45. The van der Waals surface area contributed by atoms with Crippen LogP contribution in [0, 0.1) is 0 Å². The van der Waals surface area contributed by atoms with Gasteiger partial charge in [0.1, 0.15) is 5.69 Å². The summed E-state index contributed by atoms with van der Waals surface area (Å²) in [5, 5.41) is 8.24. The van der Waals surface area contributed by atoms with Gasteiger partial charge in [-0.1, -0.05) is 35.5 Å². The van der Waals surface area contributed by atoms with Gasteiger partial charge < -0.3 is 14.2 Å². The van der Waals surface area contributed by atoms with Crippen LogP contribution >= 0.6 is 0 Å². The fourth-order valence-corrected chi connectivity index (χ4v) is 1.77. The summed E-state index contributed by atoms with van der Waals surface area (Å²) in [5.41, 5.74) is 1.94. The molecule has 0 saturated carbocycles. The molecule has 0 spiro atoms. The van der Waals surface area contributed by atoms with Crippen LogP contribution in [0.2, 0.25) is 0 Å². The summed E-state index contributed by atoms with van der Waals surface area (Å²) in [7, 11) is 1.65. The maximum atomic E-state index is 5.48. The Kier molecular flexibility index (Phi) is 6.87. The molecule has 0 aliphatic heterocycles. The minimum Gasteiger partial charge on any atom is -0.382 e. The second-order valence-electron chi connectivity index (χ2n) is 4.45. The molecule has 1 aromatic carbocycles. The van der Waals surface area contributed by atoms with E-state index in [0.717, 1.165) is 11.3 Å². The van der Waals surface area contributed by atoms with Crippen molar-refractivity contribution in [1.82, 2.24) is 15.0 Å². The molecule has 21 heavy (non-hydrogen) atoms. The van der Waals surface area contributed by atoms with Crippen molar-refractivity contribution in [3.63, 3.8) is 0 Å². The number of ether oxygens (including phenoxy) is 3. The number of aromatic nitrogens is 3. The minimum atomic E-state index is 0.573. The van der Waals surface area contributed by atoms with Crippen LogP contribution in [0.15, 0.2) is 36.5 Å². The van der Waals surface area contributed by atoms with Crippen LogP contribution in [0.1, 0.15) is 0 Å². The molecule has 114 valence electrons. The van der Waals surface area contributed by atoms with Crippen molar-refractivity contribution >= 4 is 0 Å². The van der Waals surface area contributed by atoms with Crippen molar-refractivity contribution in [3.8, 4) is 11.3 Å². The van der Waals surface area contributed by atoms with Gasteiger partial charge in [-0.3, -0.25) is 0 Å². The van der Waals surface area contributed by atoms with E-state index in [4.69, 9.17) is 14.2 Å². The molecule has 2 aromatic rings. The fraction of sp³-hybridized carbons (Fsp3) is 0.467. The monoisotopic (exact) mass is 291 g/mol. The van der Waals surface area contributed by atoms with Crippen molar-refractivity contribution in [2.45, 2.75) is 6.54 Å². The molecule has 6 nitrogen and oxygen atoms in total. The maximum absolute atomic E-state index is 5.48. The van der Waals surface area contributed by atoms with Gasteiger partial charge in [0.25, 0.3) is 0 Å². The molecule has 1 heterocycles. The molecule has 0 atom stereocenters. The van der Waals surface area contributed by atoms with Gasteiger partial charge in [-0.2, -0.15) is 0 Å². The van der Waals surface area contributed by atoms with E-state index in [1.54, 1.807) is 11.8 Å². The lowest BCUT2D eigenvalue weighted by atomic mass is 10.2. The third-order valence-corrected chi connectivity index (χ3v) is 2.88. The highest BCUT2D eigenvalue weighted by Crippen LogP contribution is 2.14. The van der Waals surface area contributed by atoms with E-state index in [0.29, 0.717) is 39.6 Å². The van der Waals surface area contributed by atoms with Crippen molar-refractivity contribution in [3.05, 3.63) is 36.5 Å². The minimum absolute atomic E-state index is 0.573. The van der Waals surface area contributed by atoms with Gasteiger partial charge in [0.05, 0.1) is 45.8 Å². The molecule has 0 radical (unpaired) electrons. The Morgan fingerprint density at radius 3 is 2.43 bits per heavy atom. The number of nitrogens with zero attached hydrogens (tertiary/aromatic N) is 3. The normalized spacial score (nSPS) is 10.9. The maximum Gasteiger partial charge on any atom is 0.113 e. The molecule has 0 N–H and O–H groups in total. The standard InChI is InChI=1S/C15H21N3O3/c1-19-9-10-21-12-11-20-8-7-18-13-15(16-17-18)14-5-3-2-4-6-14/h2-6,13H,7-12H2,1H3. The summed E-state index contributed by atoms with van der Waals surface area (Å²) in [4.78, 5) is 0. The smallest absolute Gasteiger partial charge is 0.113 e. The first-order chi connectivity index (χ1) is 10.4. The van der Waals surface area contributed by atoms with Crippen LogP contribution in [0.4, 0.5) is 0 Å². The Morgan fingerprint density at radius 2 is 1.67 bits per heavy atom. The Morgan fingerprint density at radius 1 is 0.952 bits per heavy atom. The summed E-state index contributed by atoms with van der Waals surface area (Å²) in [6.45, 7) is 3.63. The Hall–Kier alpha value is -1.76. The van der Waals surface area contributed by atoms with Crippen LogP contribution in [-0.4, -0.2) is 55.1 Å². The molecule has 0 unspecified atom stereocenters. The van der Waals surface area contributed by atoms with Crippen molar-refractivity contribution in [1.29, 1.82) is 0 Å². The first-order valence-electron chi connectivity index (χ1n) is 7.00. The quantitative estimate of drug-likeness (QED) is 0.623. The van der Waals surface area contributed by atoms with Crippen molar-refractivity contribution in [2.75, 3.05) is 40.1 Å². The molecule has 6 heteroatoms. The lowest BCUT2D eigenvalue weighted by molar-refractivity contribution is 0.0224. The highest BCUT2D eigenvalue weighted by molar-refractivity contribution is 5.56. The second kappa shape index (κ2) is 9.23. The number of rotatable bonds is 10. The van der Waals surface area contributed by atoms with E-state index in [2.05, 4.69) is 10.3 Å². The predicted molar refractivity (Wildman–Crippen MR) is 79.0 cm³/mol. The van der Waals surface area contributed by atoms with Crippen LogP contribution in [0.5, 0.6) is 0 Å². The molecule has 0 fully saturated rings. The SMILES string of the molecule is COCCOCCOCCn1cc(-c2ccccc2)nn1. The molecule has 0 amide bonds. The van der Waals surface area contributed by atoms with Gasteiger partial charge in [0.15, 0.2) is 0 Å². The van der Waals surface area contributed by atoms with Gasteiger partial charge >= 0.3 is 0 Å². The highest BCUT2D eigenvalue weighted by atomic mass is 16.5. The third-order valence-electron chi connectivity index (χ3n) is 2.88. The highest BCUT2D eigenvalue weighted by Gasteiger charge is 2.02. The first kappa shape index (κ1) is 15.6. The van der Waals surface area contributed by atoms with E-state index in [1.165, 1.54) is 0 Å². The fourth-order valence-electron chi connectivity index (χ4n) is 1.77. The van der Waals surface area contributed by atoms with Crippen molar-refractivity contribution < 1.29 is 14.2 Å². The average molecular weight is 291 g/mol. The molecular weight excluding hydrogens is 270 g/mol. The zero-order valence-corrected chi connectivity index (χ0v) is 12.3. The zero-order valence-electron chi connectivity index (χ0n) is 12.3. The van der Waals surface area contributed by atoms with Crippen LogP contribution in [0.25, 0.3) is 11.3 Å². The molecule has 0 aliphatic rings. The van der Waals surface area contributed by atoms with Gasteiger partial charge in [-0.15, -0.1) is 5.10 Å². The average Bonchev–Trinajstić information content (AvgIpc) is 3.00. The van der Waals surface area contributed by atoms with Gasteiger partial charge in [-0.05, 0) is 0 Å². The van der Waals surface area contributed by atoms with Gasteiger partial charge in [0.2, 0.25) is 0 Å². The van der Waals surface area contributed by atoms with Crippen LogP contribution in [0.3, 0.4) is 0 Å². The van der Waals surface area contributed by atoms with Gasteiger partial charge in [-0.25, -0.2) is 4.68 Å². The lowest BCUT2D eigenvalue weighted by Crippen LogP contribution is -2.12. The van der Waals surface area contributed by atoms with Crippen LogP contribution < -0.4 is 0 Å². The Balaban J connectivity index is 1.63. The predicted octanol–water partition coefficient (Wildman–Crippen LogP) is 1.62. The first-order valence-corrected chi connectivity index (χ1v) is 7.00. The summed E-state index contributed by atoms with van der Waals surface area (Å²) < 4.78 is 17.4. The molecule has 0 aliphatic carbocycles. The molecule has 1 aromatic heterocycles. The van der Waals surface area contributed by atoms with E-state index in [9.17, 15) is 0 Å². The largest absolute Gasteiger partial charge is 0.382 e. The van der Waals surface area contributed by atoms with E-state index in [-0.39, 0.29) is 0 Å². The Bertz CT molecular complexity index is 502. The summed E-state index contributed by atoms with van der Waals surface area (Å²) >= 11 is 0. The lowest BCUT2D eigenvalue weighted by Gasteiger charge is -2.05. The molecule has 0 saturated heterocycles. The van der Waals surface area contributed by atoms with E-state index in [1.807, 2.05) is 36.5 Å². The van der Waals surface area contributed by atoms with Gasteiger partial charge in [0, 0.05) is 12.7 Å². The zero-order chi connectivity index (χ0) is 14.8. The van der Waals surface area contributed by atoms with Crippen LogP contribution in [-0.2, 0) is 20.8 Å². The third kappa shape index (κ3) is 5.63.